The summed E-state index contributed by atoms with van der Waals surface area (Å²) >= 11 is 0. The average Bonchev–Trinajstić information content (AvgIpc) is 2.53. The Morgan fingerprint density at radius 3 is 2.29 bits per heavy atom. The van der Waals surface area contributed by atoms with Crippen molar-refractivity contribution >= 4 is 16.7 Å². The van der Waals surface area contributed by atoms with Crippen LogP contribution in [0.4, 0.5) is 0 Å². The fourth-order valence-corrected chi connectivity index (χ4v) is 2.89. The topological polar surface area (TPSA) is 43.1 Å². The van der Waals surface area contributed by atoms with Crippen molar-refractivity contribution < 1.29 is 4.79 Å². The molecule has 3 aromatic rings. The number of benzene rings is 3. The normalized spacial score (nSPS) is 12.2. The number of fused-ring (bicyclic) bond motifs is 1. The summed E-state index contributed by atoms with van der Waals surface area (Å²) in [7, 11) is 0. The summed E-state index contributed by atoms with van der Waals surface area (Å²) in [4.78, 5) is 11.6. The van der Waals surface area contributed by atoms with E-state index in [1.165, 1.54) is 16.3 Å². The molecule has 0 aliphatic heterocycles. The van der Waals surface area contributed by atoms with Crippen LogP contribution in [0.1, 0.15) is 34.3 Å². The molecule has 2 heteroatoms. The first-order chi connectivity index (χ1) is 10.2. The lowest BCUT2D eigenvalue weighted by Gasteiger charge is -2.17. The van der Waals surface area contributed by atoms with Gasteiger partial charge in [-0.2, -0.15) is 0 Å². The molecular formula is C19H17NO. The van der Waals surface area contributed by atoms with Crippen LogP contribution in [-0.4, -0.2) is 5.91 Å². The van der Waals surface area contributed by atoms with E-state index in [2.05, 4.69) is 37.3 Å². The van der Waals surface area contributed by atoms with Gasteiger partial charge in [-0.1, -0.05) is 67.6 Å². The molecule has 21 heavy (non-hydrogen) atoms. The van der Waals surface area contributed by atoms with Crippen molar-refractivity contribution in [3.8, 4) is 0 Å². The fourth-order valence-electron chi connectivity index (χ4n) is 2.89. The Bertz CT molecular complexity index is 802. The quantitative estimate of drug-likeness (QED) is 0.768. The predicted molar refractivity (Wildman–Crippen MR) is 86.4 cm³/mol. The van der Waals surface area contributed by atoms with Gasteiger partial charge in [-0.25, -0.2) is 0 Å². The summed E-state index contributed by atoms with van der Waals surface area (Å²) in [6, 6.07) is 22.1. The number of nitrogens with two attached hydrogens (primary N) is 1. The van der Waals surface area contributed by atoms with Gasteiger partial charge in [0.05, 0.1) is 0 Å². The average molecular weight is 275 g/mol. The zero-order chi connectivity index (χ0) is 14.8. The summed E-state index contributed by atoms with van der Waals surface area (Å²) in [5.41, 5.74) is 8.28. The maximum absolute atomic E-state index is 11.6. The molecule has 2 nitrogen and oxygen atoms in total. The highest BCUT2D eigenvalue weighted by Crippen LogP contribution is 2.31. The van der Waals surface area contributed by atoms with Crippen molar-refractivity contribution in [3.63, 3.8) is 0 Å². The minimum atomic E-state index is -0.377. The minimum absolute atomic E-state index is 0.111. The summed E-state index contributed by atoms with van der Waals surface area (Å²) in [6.07, 6.45) is 0. The van der Waals surface area contributed by atoms with Crippen molar-refractivity contribution in [2.45, 2.75) is 12.8 Å². The molecule has 0 aliphatic carbocycles. The second kappa shape index (κ2) is 5.41. The third-order valence-electron chi connectivity index (χ3n) is 3.98. The SMILES string of the molecule is C[C@H](c1ccccc1C(N)=O)c1cccc2ccccc12. The van der Waals surface area contributed by atoms with Crippen molar-refractivity contribution in [1.82, 2.24) is 0 Å². The van der Waals surface area contributed by atoms with Crippen LogP contribution in [0.25, 0.3) is 10.8 Å². The van der Waals surface area contributed by atoms with Gasteiger partial charge in [0, 0.05) is 11.5 Å². The molecule has 3 aromatic carbocycles. The molecule has 0 aromatic heterocycles. The van der Waals surface area contributed by atoms with Crippen LogP contribution in [0.15, 0.2) is 66.7 Å². The number of rotatable bonds is 3. The van der Waals surface area contributed by atoms with Crippen LogP contribution >= 0.6 is 0 Å². The number of carbonyl (C=O) groups excluding carboxylic acids is 1. The molecule has 0 heterocycles. The highest BCUT2D eigenvalue weighted by molar-refractivity contribution is 5.95. The van der Waals surface area contributed by atoms with Crippen LogP contribution in [0.5, 0.6) is 0 Å². The first-order valence-electron chi connectivity index (χ1n) is 7.05. The molecular weight excluding hydrogens is 258 g/mol. The van der Waals surface area contributed by atoms with E-state index in [9.17, 15) is 4.79 Å². The van der Waals surface area contributed by atoms with E-state index in [-0.39, 0.29) is 11.8 Å². The number of amides is 1. The maximum atomic E-state index is 11.6. The van der Waals surface area contributed by atoms with Crippen molar-refractivity contribution in [1.29, 1.82) is 0 Å². The molecule has 0 unspecified atom stereocenters. The molecule has 1 atom stereocenters. The number of hydrogen-bond donors (Lipinski definition) is 1. The lowest BCUT2D eigenvalue weighted by atomic mass is 9.86. The van der Waals surface area contributed by atoms with Crippen LogP contribution in [0, 0.1) is 0 Å². The van der Waals surface area contributed by atoms with Crippen molar-refractivity contribution in [2.24, 2.45) is 5.73 Å². The largest absolute Gasteiger partial charge is 0.366 e. The molecule has 3 rings (SSSR count). The minimum Gasteiger partial charge on any atom is -0.366 e. The van der Waals surface area contributed by atoms with Gasteiger partial charge in [0.2, 0.25) is 5.91 Å². The highest BCUT2D eigenvalue weighted by atomic mass is 16.1. The van der Waals surface area contributed by atoms with Gasteiger partial charge in [0.1, 0.15) is 0 Å². The Balaban J connectivity index is 2.18. The first kappa shape index (κ1) is 13.4. The van der Waals surface area contributed by atoms with E-state index in [0.29, 0.717) is 5.56 Å². The van der Waals surface area contributed by atoms with Gasteiger partial charge < -0.3 is 5.73 Å². The third-order valence-corrected chi connectivity index (χ3v) is 3.98. The standard InChI is InChI=1S/C19H17NO/c1-13(16-9-4-5-11-18(16)19(20)21)15-12-6-8-14-7-2-3-10-17(14)15/h2-13H,1H3,(H2,20,21)/t13-/m0/s1. The van der Waals surface area contributed by atoms with Crippen LogP contribution in [0.3, 0.4) is 0 Å². The second-order valence-corrected chi connectivity index (χ2v) is 5.24. The highest BCUT2D eigenvalue weighted by Gasteiger charge is 2.16. The third kappa shape index (κ3) is 2.40. The van der Waals surface area contributed by atoms with Crippen LogP contribution < -0.4 is 5.73 Å². The molecule has 0 spiro atoms. The number of hydrogen-bond acceptors (Lipinski definition) is 1. The molecule has 1 amide bonds. The molecule has 0 radical (unpaired) electrons. The van der Waals surface area contributed by atoms with Gasteiger partial charge >= 0.3 is 0 Å². The van der Waals surface area contributed by atoms with Crippen molar-refractivity contribution in [3.05, 3.63) is 83.4 Å². The van der Waals surface area contributed by atoms with Gasteiger partial charge in [-0.3, -0.25) is 4.79 Å². The lowest BCUT2D eigenvalue weighted by Crippen LogP contribution is -2.15. The molecule has 0 aliphatic rings. The Kier molecular flexibility index (Phi) is 3.44. The van der Waals surface area contributed by atoms with E-state index < -0.39 is 0 Å². The second-order valence-electron chi connectivity index (χ2n) is 5.24. The van der Waals surface area contributed by atoms with E-state index in [4.69, 9.17) is 5.73 Å². The molecule has 2 N–H and O–H groups in total. The van der Waals surface area contributed by atoms with E-state index in [1.54, 1.807) is 6.07 Å². The van der Waals surface area contributed by atoms with Gasteiger partial charge in [0.15, 0.2) is 0 Å². The Morgan fingerprint density at radius 2 is 1.48 bits per heavy atom. The zero-order valence-electron chi connectivity index (χ0n) is 11.9. The zero-order valence-corrected chi connectivity index (χ0v) is 11.9. The van der Waals surface area contributed by atoms with Crippen LogP contribution in [0.2, 0.25) is 0 Å². The van der Waals surface area contributed by atoms with Gasteiger partial charge in [-0.15, -0.1) is 0 Å². The van der Waals surface area contributed by atoms with Gasteiger partial charge in [0.25, 0.3) is 0 Å². The Labute approximate surface area is 124 Å². The first-order valence-corrected chi connectivity index (χ1v) is 7.05. The van der Waals surface area contributed by atoms with Crippen LogP contribution in [-0.2, 0) is 0 Å². The molecule has 0 saturated carbocycles. The number of carbonyl (C=O) groups is 1. The van der Waals surface area contributed by atoms with Gasteiger partial charge in [-0.05, 0) is 28.0 Å². The van der Waals surface area contributed by atoms with Crippen molar-refractivity contribution in [2.75, 3.05) is 0 Å². The summed E-state index contributed by atoms with van der Waals surface area (Å²) < 4.78 is 0. The molecule has 0 bridgehead atoms. The summed E-state index contributed by atoms with van der Waals surface area (Å²) in [5, 5.41) is 2.42. The number of primary amides is 1. The maximum Gasteiger partial charge on any atom is 0.248 e. The molecule has 104 valence electrons. The monoisotopic (exact) mass is 275 g/mol. The Morgan fingerprint density at radius 1 is 0.857 bits per heavy atom. The molecule has 0 saturated heterocycles. The van der Waals surface area contributed by atoms with E-state index >= 15 is 0 Å². The van der Waals surface area contributed by atoms with E-state index in [1.807, 2.05) is 30.3 Å². The van der Waals surface area contributed by atoms with E-state index in [0.717, 1.165) is 5.56 Å². The smallest absolute Gasteiger partial charge is 0.248 e. The predicted octanol–water partition coefficient (Wildman–Crippen LogP) is 4.09. The Hall–Kier alpha value is -2.61. The fraction of sp³-hybridized carbons (Fsp3) is 0.105. The lowest BCUT2D eigenvalue weighted by molar-refractivity contribution is 0.0999. The summed E-state index contributed by atoms with van der Waals surface area (Å²) in [5.74, 6) is -0.266. The molecule has 0 fully saturated rings. The summed E-state index contributed by atoms with van der Waals surface area (Å²) in [6.45, 7) is 2.11.